The first-order valence-corrected chi connectivity index (χ1v) is 8.92. The Bertz CT molecular complexity index is 692. The number of benzene rings is 1. The minimum Gasteiger partial charge on any atom is -0.334 e. The van der Waals surface area contributed by atoms with E-state index < -0.39 is 10.0 Å². The minimum absolute atomic E-state index is 0.143. The highest BCUT2D eigenvalue weighted by atomic mass is 32.2. The molecule has 0 aromatic heterocycles. The number of terminal acetylenes is 1. The second-order valence-electron chi connectivity index (χ2n) is 5.55. The number of carbonyl (C=O) groups is 1. The van der Waals surface area contributed by atoms with Crippen LogP contribution in [-0.4, -0.2) is 44.4 Å². The molecule has 23 heavy (non-hydrogen) atoms. The van der Waals surface area contributed by atoms with Gasteiger partial charge < -0.3 is 10.6 Å². The predicted octanol–water partition coefficient (Wildman–Crippen LogP) is 1.08. The number of rotatable bonds is 4. The van der Waals surface area contributed by atoms with Crippen molar-refractivity contribution in [3.05, 3.63) is 29.8 Å². The molecule has 1 fully saturated rings. The monoisotopic (exact) mass is 335 g/mol. The molecule has 0 bridgehead atoms. The number of nitrogens with zero attached hydrogens (tertiary/aromatic N) is 1. The molecule has 6 nitrogen and oxygen atoms in total. The quantitative estimate of drug-likeness (QED) is 0.808. The molecule has 0 saturated carbocycles. The van der Waals surface area contributed by atoms with Crippen LogP contribution in [0.3, 0.4) is 0 Å². The second kappa shape index (κ2) is 7.49. The van der Waals surface area contributed by atoms with Gasteiger partial charge in [0.25, 0.3) is 0 Å². The van der Waals surface area contributed by atoms with Crippen LogP contribution in [0.25, 0.3) is 0 Å². The zero-order chi connectivity index (χ0) is 16.9. The topological polar surface area (TPSA) is 78.5 Å². The number of hydrogen-bond donors (Lipinski definition) is 2. The summed E-state index contributed by atoms with van der Waals surface area (Å²) in [5.74, 6) is 2.32. The van der Waals surface area contributed by atoms with E-state index in [1.807, 2.05) is 6.92 Å². The van der Waals surface area contributed by atoms with Crippen LogP contribution in [0.5, 0.6) is 0 Å². The number of amides is 2. The molecule has 1 aliphatic rings. The number of nitrogens with one attached hydrogen (secondary N) is 2. The molecule has 0 spiro atoms. The Kier molecular flexibility index (Phi) is 5.64. The summed E-state index contributed by atoms with van der Waals surface area (Å²) in [7, 11) is -3.54. The Hall–Kier alpha value is -2.04. The third kappa shape index (κ3) is 4.47. The van der Waals surface area contributed by atoms with E-state index in [0.717, 1.165) is 12.0 Å². The van der Waals surface area contributed by atoms with Crippen molar-refractivity contribution in [2.24, 2.45) is 0 Å². The van der Waals surface area contributed by atoms with Crippen molar-refractivity contribution in [2.45, 2.75) is 30.7 Å². The van der Waals surface area contributed by atoms with Crippen molar-refractivity contribution >= 4 is 16.1 Å². The molecule has 1 aliphatic heterocycles. The molecule has 2 rings (SSSR count). The lowest BCUT2D eigenvalue weighted by Crippen LogP contribution is -2.51. The number of urea groups is 1. The Balaban J connectivity index is 2.04. The van der Waals surface area contributed by atoms with Gasteiger partial charge in [0.1, 0.15) is 0 Å². The van der Waals surface area contributed by atoms with Gasteiger partial charge in [0, 0.05) is 19.1 Å². The standard InChI is InChI=1S/C16H21N3O3S/c1-3-10-17-16(20)18-14-5-4-11-19(12-14)23(21,22)15-8-6-13(2)7-9-15/h1,6-9,14H,4-5,10-12H2,2H3,(H2,17,18,20)/t14-/m1/s1. The van der Waals surface area contributed by atoms with Crippen LogP contribution in [0.2, 0.25) is 0 Å². The first-order valence-electron chi connectivity index (χ1n) is 7.48. The van der Waals surface area contributed by atoms with E-state index in [-0.39, 0.29) is 30.1 Å². The lowest BCUT2D eigenvalue weighted by Gasteiger charge is -2.32. The second-order valence-corrected chi connectivity index (χ2v) is 7.48. The van der Waals surface area contributed by atoms with Crippen molar-refractivity contribution in [2.75, 3.05) is 19.6 Å². The van der Waals surface area contributed by atoms with Crippen LogP contribution in [0.15, 0.2) is 29.2 Å². The molecule has 1 saturated heterocycles. The van der Waals surface area contributed by atoms with Crippen LogP contribution < -0.4 is 10.6 Å². The zero-order valence-electron chi connectivity index (χ0n) is 13.1. The molecule has 2 amide bonds. The number of carbonyl (C=O) groups excluding carboxylic acids is 1. The van der Waals surface area contributed by atoms with Gasteiger partial charge in [-0.2, -0.15) is 4.31 Å². The maximum absolute atomic E-state index is 12.7. The summed E-state index contributed by atoms with van der Waals surface area (Å²) < 4.78 is 26.8. The Morgan fingerprint density at radius 3 is 2.74 bits per heavy atom. The van der Waals surface area contributed by atoms with Gasteiger partial charge in [-0.15, -0.1) is 6.42 Å². The summed E-state index contributed by atoms with van der Waals surface area (Å²) in [5, 5.41) is 5.28. The fourth-order valence-electron chi connectivity index (χ4n) is 2.51. The van der Waals surface area contributed by atoms with Crippen molar-refractivity contribution in [3.8, 4) is 12.3 Å². The third-order valence-electron chi connectivity index (χ3n) is 3.73. The van der Waals surface area contributed by atoms with E-state index in [0.29, 0.717) is 13.0 Å². The number of piperidine rings is 1. The van der Waals surface area contributed by atoms with Crippen LogP contribution in [0, 0.1) is 19.3 Å². The molecule has 1 heterocycles. The lowest BCUT2D eigenvalue weighted by molar-refractivity contribution is 0.227. The van der Waals surface area contributed by atoms with Gasteiger partial charge in [-0.25, -0.2) is 13.2 Å². The maximum atomic E-state index is 12.7. The van der Waals surface area contributed by atoms with Crippen LogP contribution in [0.1, 0.15) is 18.4 Å². The smallest absolute Gasteiger partial charge is 0.315 e. The first-order chi connectivity index (χ1) is 10.9. The van der Waals surface area contributed by atoms with E-state index in [9.17, 15) is 13.2 Å². The van der Waals surface area contributed by atoms with E-state index in [4.69, 9.17) is 6.42 Å². The van der Waals surface area contributed by atoms with Gasteiger partial charge in [-0.1, -0.05) is 23.6 Å². The Morgan fingerprint density at radius 2 is 2.09 bits per heavy atom. The SMILES string of the molecule is C#CCNC(=O)N[C@@H]1CCCN(S(=O)(=O)c2ccc(C)cc2)C1. The molecule has 1 atom stereocenters. The van der Waals surface area contributed by atoms with Gasteiger partial charge in [0.05, 0.1) is 11.4 Å². The zero-order valence-corrected chi connectivity index (χ0v) is 13.9. The summed E-state index contributed by atoms with van der Waals surface area (Å²) in [6.45, 7) is 2.77. The maximum Gasteiger partial charge on any atom is 0.315 e. The van der Waals surface area contributed by atoms with Crippen molar-refractivity contribution in [1.29, 1.82) is 0 Å². The van der Waals surface area contributed by atoms with Crippen LogP contribution >= 0.6 is 0 Å². The van der Waals surface area contributed by atoms with Gasteiger partial charge in [-0.3, -0.25) is 0 Å². The predicted molar refractivity (Wildman–Crippen MR) is 88.3 cm³/mol. The average molecular weight is 335 g/mol. The summed E-state index contributed by atoms with van der Waals surface area (Å²) in [6, 6.07) is 6.19. The van der Waals surface area contributed by atoms with Crippen molar-refractivity contribution < 1.29 is 13.2 Å². The fraction of sp³-hybridized carbons (Fsp3) is 0.438. The van der Waals surface area contributed by atoms with E-state index in [1.165, 1.54) is 4.31 Å². The molecule has 7 heteroatoms. The van der Waals surface area contributed by atoms with Crippen molar-refractivity contribution in [3.63, 3.8) is 0 Å². The van der Waals surface area contributed by atoms with Gasteiger partial charge in [-0.05, 0) is 31.9 Å². The van der Waals surface area contributed by atoms with Gasteiger partial charge in [0.2, 0.25) is 10.0 Å². The van der Waals surface area contributed by atoms with E-state index >= 15 is 0 Å². The molecule has 1 aromatic rings. The number of aryl methyl sites for hydroxylation is 1. The Morgan fingerprint density at radius 1 is 1.39 bits per heavy atom. The van der Waals surface area contributed by atoms with Crippen molar-refractivity contribution in [1.82, 2.24) is 14.9 Å². The fourth-order valence-corrected chi connectivity index (χ4v) is 4.03. The molecule has 0 unspecified atom stereocenters. The van der Waals surface area contributed by atoms with Crippen LogP contribution in [-0.2, 0) is 10.0 Å². The summed E-state index contributed by atoms with van der Waals surface area (Å²) in [6.07, 6.45) is 6.52. The highest BCUT2D eigenvalue weighted by molar-refractivity contribution is 7.89. The van der Waals surface area contributed by atoms with E-state index in [1.54, 1.807) is 24.3 Å². The molecule has 2 N–H and O–H groups in total. The molecule has 0 radical (unpaired) electrons. The minimum atomic E-state index is -3.54. The highest BCUT2D eigenvalue weighted by Gasteiger charge is 2.30. The molecule has 0 aliphatic carbocycles. The summed E-state index contributed by atoms with van der Waals surface area (Å²) in [5.41, 5.74) is 1.01. The summed E-state index contributed by atoms with van der Waals surface area (Å²) >= 11 is 0. The molecular weight excluding hydrogens is 314 g/mol. The molecular formula is C16H21N3O3S. The van der Waals surface area contributed by atoms with Gasteiger partial charge in [0.15, 0.2) is 0 Å². The normalized spacial score (nSPS) is 18.9. The molecule has 124 valence electrons. The molecule has 1 aromatic carbocycles. The Labute approximate surface area is 137 Å². The third-order valence-corrected chi connectivity index (χ3v) is 5.61. The average Bonchev–Trinajstić information content (AvgIpc) is 2.53. The lowest BCUT2D eigenvalue weighted by atomic mass is 10.1. The van der Waals surface area contributed by atoms with Gasteiger partial charge >= 0.3 is 6.03 Å². The first kappa shape index (κ1) is 17.3. The highest BCUT2D eigenvalue weighted by Crippen LogP contribution is 2.21. The van der Waals surface area contributed by atoms with Crippen LogP contribution in [0.4, 0.5) is 4.79 Å². The van der Waals surface area contributed by atoms with E-state index in [2.05, 4.69) is 16.6 Å². The number of sulfonamides is 1. The number of hydrogen-bond acceptors (Lipinski definition) is 3. The summed E-state index contributed by atoms with van der Waals surface area (Å²) in [4.78, 5) is 11.9. The largest absolute Gasteiger partial charge is 0.334 e.